The predicted molar refractivity (Wildman–Crippen MR) is 417 cm³/mol. The molecule has 19 heteroatoms. The van der Waals surface area contributed by atoms with Gasteiger partial charge in [0.25, 0.3) is 0 Å². The summed E-state index contributed by atoms with van der Waals surface area (Å²) in [6.45, 7) is 4.33. The molecule has 0 fully saturated rings. The minimum atomic E-state index is -5.00. The number of hydrogen-bond acceptors (Lipinski definition) is 15. The van der Waals surface area contributed by atoms with E-state index in [-0.39, 0.29) is 25.7 Å². The average Bonchev–Trinajstić information content (AvgIpc) is 0.923. The monoisotopic (exact) mass is 1460 g/mol. The van der Waals surface area contributed by atoms with Crippen LogP contribution in [0.2, 0.25) is 0 Å². The molecule has 5 atom stereocenters. The molecule has 0 aromatic carbocycles. The molecule has 0 aliphatic carbocycles. The summed E-state index contributed by atoms with van der Waals surface area (Å²) in [5.41, 5.74) is 0. The van der Waals surface area contributed by atoms with Crippen molar-refractivity contribution < 1.29 is 80.2 Å². The number of allylic oxidation sites excluding steroid dienone is 28. The van der Waals surface area contributed by atoms with Gasteiger partial charge in [0.2, 0.25) is 0 Å². The molecule has 0 spiro atoms. The average molecular weight is 1470 g/mol. The van der Waals surface area contributed by atoms with E-state index in [2.05, 4.69) is 198 Å². The fourth-order valence-corrected chi connectivity index (χ4v) is 11.0. The Kier molecular flexibility index (Phi) is 69.7. The molecular weight excluding hydrogens is 1330 g/mol. The number of esters is 4. The molecule has 5 unspecified atom stereocenters. The third kappa shape index (κ3) is 72.8. The number of aliphatic hydroxyl groups is 1. The molecule has 0 saturated carbocycles. The van der Waals surface area contributed by atoms with Crippen molar-refractivity contribution in [2.75, 3.05) is 39.6 Å². The highest BCUT2D eigenvalue weighted by Crippen LogP contribution is 2.45. The van der Waals surface area contributed by atoms with E-state index in [1.807, 2.05) is 0 Å². The van der Waals surface area contributed by atoms with Crippen LogP contribution in [0.15, 0.2) is 170 Å². The highest BCUT2D eigenvalue weighted by Gasteiger charge is 2.30. The Balaban J connectivity index is 5.48. The summed E-state index contributed by atoms with van der Waals surface area (Å²) in [6, 6.07) is 0. The van der Waals surface area contributed by atoms with Crippen molar-refractivity contribution in [3.05, 3.63) is 170 Å². The second kappa shape index (κ2) is 73.7. The molecule has 0 aromatic heterocycles. The maximum absolute atomic E-state index is 13.1. The topological polar surface area (TPSA) is 237 Å². The van der Waals surface area contributed by atoms with Crippen LogP contribution in [-0.2, 0) is 65.4 Å². The summed E-state index contributed by atoms with van der Waals surface area (Å²) < 4.78 is 68.4. The molecule has 0 aromatic rings. The van der Waals surface area contributed by atoms with Gasteiger partial charge in [0, 0.05) is 25.7 Å². The van der Waals surface area contributed by atoms with E-state index in [9.17, 15) is 43.2 Å². The van der Waals surface area contributed by atoms with Crippen molar-refractivity contribution in [3.8, 4) is 0 Å². The number of unbranched alkanes of at least 4 members (excludes halogenated alkanes) is 16. The first-order valence-corrected chi connectivity index (χ1v) is 41.4. The maximum Gasteiger partial charge on any atom is 0.472 e. The third-order valence-electron chi connectivity index (χ3n) is 15.2. The highest BCUT2D eigenvalue weighted by atomic mass is 31.2. The van der Waals surface area contributed by atoms with Crippen LogP contribution >= 0.6 is 15.6 Å². The quantitative estimate of drug-likeness (QED) is 0.0169. The highest BCUT2D eigenvalue weighted by molar-refractivity contribution is 7.47. The van der Waals surface area contributed by atoms with Crippen molar-refractivity contribution in [1.82, 2.24) is 0 Å². The first-order valence-electron chi connectivity index (χ1n) is 38.4. The minimum absolute atomic E-state index is 0.0294. The van der Waals surface area contributed by atoms with E-state index in [0.717, 1.165) is 167 Å². The molecule has 578 valence electrons. The number of aliphatic hydroxyl groups excluding tert-OH is 1. The Morgan fingerprint density at radius 3 is 0.804 bits per heavy atom. The van der Waals surface area contributed by atoms with E-state index in [0.29, 0.717) is 32.1 Å². The number of rotatable bonds is 70. The lowest BCUT2D eigenvalue weighted by Gasteiger charge is -2.21. The first-order chi connectivity index (χ1) is 49.7. The SMILES string of the molecule is CC/C=C\C/C=C\C/C=C\C/C=C\CCCCCCC(=O)OCC(COP(=O)(O)OCC(O)COP(=O)(O)OCC(COC(=O)CCCC/C=C\C/C=C\C/C=C\C/C=C\CC)OC(=O)CCCCCCC/C=C\C/C=C\CCCCC)OC(=O)CCCC/C=C\C/C=C\C/C=C\C/C=C\CC. The lowest BCUT2D eigenvalue weighted by atomic mass is 10.1. The van der Waals surface area contributed by atoms with Crippen molar-refractivity contribution in [2.24, 2.45) is 0 Å². The summed E-state index contributed by atoms with van der Waals surface area (Å²) >= 11 is 0. The van der Waals surface area contributed by atoms with Crippen molar-refractivity contribution in [2.45, 2.75) is 290 Å². The van der Waals surface area contributed by atoms with E-state index in [1.165, 1.54) is 19.3 Å². The molecule has 0 rings (SSSR count). The van der Waals surface area contributed by atoms with Crippen molar-refractivity contribution >= 4 is 39.5 Å². The number of phosphoric acid groups is 2. The van der Waals surface area contributed by atoms with Crippen LogP contribution in [0, 0.1) is 0 Å². The Morgan fingerprint density at radius 1 is 0.284 bits per heavy atom. The molecule has 0 aliphatic rings. The van der Waals surface area contributed by atoms with Gasteiger partial charge in [-0.15, -0.1) is 0 Å². The zero-order valence-corrected chi connectivity index (χ0v) is 64.8. The van der Waals surface area contributed by atoms with Gasteiger partial charge in [-0.3, -0.25) is 37.3 Å². The number of ether oxygens (including phenoxy) is 4. The van der Waals surface area contributed by atoms with Gasteiger partial charge in [-0.2, -0.15) is 0 Å². The van der Waals surface area contributed by atoms with E-state index in [1.54, 1.807) is 0 Å². The molecule has 0 heterocycles. The van der Waals surface area contributed by atoms with Gasteiger partial charge >= 0.3 is 39.5 Å². The van der Waals surface area contributed by atoms with Crippen molar-refractivity contribution in [3.63, 3.8) is 0 Å². The summed E-state index contributed by atoms with van der Waals surface area (Å²) in [7, 11) is -10.0. The van der Waals surface area contributed by atoms with Crippen LogP contribution in [0.3, 0.4) is 0 Å². The van der Waals surface area contributed by atoms with E-state index in [4.69, 9.17) is 37.0 Å². The Bertz CT molecular complexity index is 2600. The standard InChI is InChI=1S/C83H134O17P2/c1-5-9-13-17-21-25-29-33-37-38-42-44-48-52-56-60-64-68-81(86)94-74-79(100-83(88)70-66-62-58-54-50-46-41-36-32-28-24-20-16-12-8-4)76-98-102(91,92)96-72-77(84)71-95-101(89,90)97-75-78(99-82(87)69-65-61-57-53-49-45-40-35-31-27-23-19-15-11-7-3)73-93-80(85)67-63-59-55-51-47-43-39-34-30-26-22-18-14-10-6-2/h9-10,12-14,16,21-28,33-37,39-42,44,47,50-51,54,77-79,84H,5-8,11,15,17-20,29-32,38,43,45-46,48-49,52-53,55-76H2,1-4H3,(H,89,90)(H,91,92)/b13-9-,14-10-,16-12-,25-21-,26-22-,27-23-,28-24-,37-33-,39-34-,40-35-,41-36-,44-42-,51-47-,54-50-. The van der Waals surface area contributed by atoms with Gasteiger partial charge in [0.05, 0.1) is 26.4 Å². The second-order valence-corrected chi connectivity index (χ2v) is 27.7. The predicted octanol–water partition coefficient (Wildman–Crippen LogP) is 22.2. The normalized spacial score (nSPS) is 14.9. The molecule has 0 radical (unpaired) electrons. The number of carbonyl (C=O) groups excluding carboxylic acids is 4. The second-order valence-electron chi connectivity index (χ2n) is 24.8. The zero-order chi connectivity index (χ0) is 74.6. The fraction of sp³-hybridized carbons (Fsp3) is 0.614. The number of hydrogen-bond donors (Lipinski definition) is 3. The van der Waals surface area contributed by atoms with Gasteiger partial charge < -0.3 is 33.8 Å². The summed E-state index contributed by atoms with van der Waals surface area (Å²) in [6.07, 6.45) is 86.3. The lowest BCUT2D eigenvalue weighted by molar-refractivity contribution is -0.161. The number of phosphoric ester groups is 2. The molecule has 0 bridgehead atoms. The van der Waals surface area contributed by atoms with Crippen LogP contribution in [0.4, 0.5) is 0 Å². The zero-order valence-electron chi connectivity index (χ0n) is 63.0. The van der Waals surface area contributed by atoms with Crippen molar-refractivity contribution in [1.29, 1.82) is 0 Å². The van der Waals surface area contributed by atoms with Gasteiger partial charge in [-0.25, -0.2) is 9.13 Å². The van der Waals surface area contributed by atoms with Crippen LogP contribution in [0.5, 0.6) is 0 Å². The molecular formula is C83H134O17P2. The van der Waals surface area contributed by atoms with Crippen LogP contribution < -0.4 is 0 Å². The molecule has 3 N–H and O–H groups in total. The Morgan fingerprint density at radius 2 is 0.510 bits per heavy atom. The molecule has 0 amide bonds. The first kappa shape index (κ1) is 96.4. The fourth-order valence-electron chi connectivity index (χ4n) is 9.40. The maximum atomic E-state index is 13.1. The third-order valence-corrected chi connectivity index (χ3v) is 17.1. The van der Waals surface area contributed by atoms with Gasteiger partial charge in [0.15, 0.2) is 12.2 Å². The summed E-state index contributed by atoms with van der Waals surface area (Å²) in [4.78, 5) is 72.9. The van der Waals surface area contributed by atoms with Crippen LogP contribution in [0.25, 0.3) is 0 Å². The minimum Gasteiger partial charge on any atom is -0.462 e. The van der Waals surface area contributed by atoms with Gasteiger partial charge in [0.1, 0.15) is 19.3 Å². The Labute approximate surface area is 616 Å². The van der Waals surface area contributed by atoms with Crippen LogP contribution in [-0.4, -0.2) is 96.7 Å². The molecule has 17 nitrogen and oxygen atoms in total. The molecule has 0 aliphatic heterocycles. The lowest BCUT2D eigenvalue weighted by Crippen LogP contribution is -2.30. The van der Waals surface area contributed by atoms with Gasteiger partial charge in [-0.05, 0) is 173 Å². The summed E-state index contributed by atoms with van der Waals surface area (Å²) in [5, 5.41) is 10.6. The van der Waals surface area contributed by atoms with Gasteiger partial charge in [-0.1, -0.05) is 243 Å². The molecule has 0 saturated heterocycles. The summed E-state index contributed by atoms with van der Waals surface area (Å²) in [5.74, 6) is -2.33. The van der Waals surface area contributed by atoms with E-state index >= 15 is 0 Å². The van der Waals surface area contributed by atoms with Crippen LogP contribution in [0.1, 0.15) is 272 Å². The van der Waals surface area contributed by atoms with E-state index < -0.39 is 97.5 Å². The largest absolute Gasteiger partial charge is 0.472 e. The Hall–Kier alpha value is -5.58. The molecule has 102 heavy (non-hydrogen) atoms. The number of carbonyl (C=O) groups is 4. The smallest absolute Gasteiger partial charge is 0.462 e.